The van der Waals surface area contributed by atoms with Crippen LogP contribution in [0.1, 0.15) is 18.4 Å². The fourth-order valence-electron chi connectivity index (χ4n) is 3.16. The Labute approximate surface area is 164 Å². The number of nitrogens with zero attached hydrogens (tertiary/aromatic N) is 1. The maximum atomic E-state index is 12.5. The Morgan fingerprint density at radius 3 is 2.46 bits per heavy atom. The maximum Gasteiger partial charge on any atom is 0.227 e. The Morgan fingerprint density at radius 1 is 1.15 bits per heavy atom. The molecule has 0 spiro atoms. The van der Waals surface area contributed by atoms with Crippen molar-refractivity contribution in [3.05, 3.63) is 58.1 Å². The molecule has 1 heterocycles. The lowest BCUT2D eigenvalue weighted by Gasteiger charge is -2.31. The molecule has 1 aliphatic heterocycles. The summed E-state index contributed by atoms with van der Waals surface area (Å²) in [5.41, 5.74) is 1.86. The number of carbonyl (C=O) groups is 1. The highest BCUT2D eigenvalue weighted by Gasteiger charge is 2.25. The average molecular weight is 393 g/mol. The Hall–Kier alpha value is -1.75. The van der Waals surface area contributed by atoms with Gasteiger partial charge < -0.3 is 10.1 Å². The molecule has 138 valence electrons. The molecule has 4 nitrogen and oxygen atoms in total. The molecule has 1 saturated heterocycles. The molecule has 2 aromatic carbocycles. The van der Waals surface area contributed by atoms with Crippen LogP contribution in [-0.4, -0.2) is 31.0 Å². The smallest absolute Gasteiger partial charge is 0.227 e. The zero-order valence-electron chi connectivity index (χ0n) is 14.7. The molecule has 6 heteroatoms. The summed E-state index contributed by atoms with van der Waals surface area (Å²) in [5, 5.41) is 4.33. The van der Waals surface area contributed by atoms with Crippen LogP contribution in [0.25, 0.3) is 0 Å². The van der Waals surface area contributed by atoms with E-state index in [4.69, 9.17) is 27.9 Å². The van der Waals surface area contributed by atoms with E-state index in [0.29, 0.717) is 10.0 Å². The molecule has 0 aliphatic carbocycles. The summed E-state index contributed by atoms with van der Waals surface area (Å²) in [5.74, 6) is 0.894. The molecule has 1 N–H and O–H groups in total. The van der Waals surface area contributed by atoms with Crippen LogP contribution in [0, 0.1) is 5.92 Å². The summed E-state index contributed by atoms with van der Waals surface area (Å²) in [4.78, 5) is 14.8. The third-order valence-corrected chi connectivity index (χ3v) is 5.31. The van der Waals surface area contributed by atoms with Gasteiger partial charge in [0.2, 0.25) is 5.91 Å². The highest BCUT2D eigenvalue weighted by molar-refractivity contribution is 6.35. The van der Waals surface area contributed by atoms with Gasteiger partial charge >= 0.3 is 0 Å². The van der Waals surface area contributed by atoms with E-state index in [0.717, 1.165) is 49.5 Å². The van der Waals surface area contributed by atoms with Gasteiger partial charge in [-0.1, -0.05) is 29.3 Å². The third-order valence-electron chi connectivity index (χ3n) is 4.72. The van der Waals surface area contributed by atoms with Crippen molar-refractivity contribution in [3.63, 3.8) is 0 Å². The van der Waals surface area contributed by atoms with Crippen molar-refractivity contribution in [2.45, 2.75) is 19.4 Å². The number of rotatable bonds is 5. The molecule has 0 aromatic heterocycles. The maximum absolute atomic E-state index is 12.5. The van der Waals surface area contributed by atoms with Crippen molar-refractivity contribution >= 4 is 34.8 Å². The van der Waals surface area contributed by atoms with Gasteiger partial charge in [0.1, 0.15) is 5.75 Å². The Kier molecular flexibility index (Phi) is 6.41. The van der Waals surface area contributed by atoms with Gasteiger partial charge in [0.25, 0.3) is 0 Å². The lowest BCUT2D eigenvalue weighted by Crippen LogP contribution is -2.37. The largest absolute Gasteiger partial charge is 0.497 e. The van der Waals surface area contributed by atoms with E-state index >= 15 is 0 Å². The molecule has 0 atom stereocenters. The number of hydrogen-bond acceptors (Lipinski definition) is 3. The van der Waals surface area contributed by atoms with Gasteiger partial charge in [-0.05, 0) is 67.9 Å². The molecule has 1 aliphatic rings. The Balaban J connectivity index is 1.50. The van der Waals surface area contributed by atoms with E-state index in [1.165, 1.54) is 0 Å². The van der Waals surface area contributed by atoms with Crippen LogP contribution >= 0.6 is 23.2 Å². The van der Waals surface area contributed by atoms with Crippen LogP contribution in [-0.2, 0) is 11.3 Å². The number of hydrogen-bond donors (Lipinski definition) is 1. The minimum atomic E-state index is 0.0361. The monoisotopic (exact) mass is 392 g/mol. The Morgan fingerprint density at radius 2 is 1.85 bits per heavy atom. The van der Waals surface area contributed by atoms with Gasteiger partial charge in [-0.2, -0.15) is 0 Å². The first-order chi connectivity index (χ1) is 12.5. The van der Waals surface area contributed by atoms with Gasteiger partial charge in [0, 0.05) is 28.2 Å². The quantitative estimate of drug-likeness (QED) is 0.790. The zero-order chi connectivity index (χ0) is 18.5. The third kappa shape index (κ3) is 4.91. The molecule has 0 radical (unpaired) electrons. The van der Waals surface area contributed by atoms with Crippen molar-refractivity contribution < 1.29 is 9.53 Å². The normalized spacial score (nSPS) is 15.7. The lowest BCUT2D eigenvalue weighted by molar-refractivity contribution is -0.121. The highest BCUT2D eigenvalue weighted by Crippen LogP contribution is 2.25. The molecular formula is C20H22Cl2N2O2. The first-order valence-corrected chi connectivity index (χ1v) is 9.42. The number of anilines is 1. The fraction of sp³-hybridized carbons (Fsp3) is 0.350. The van der Waals surface area contributed by atoms with E-state index in [-0.39, 0.29) is 11.8 Å². The lowest BCUT2D eigenvalue weighted by atomic mass is 9.95. The second-order valence-electron chi connectivity index (χ2n) is 6.50. The minimum Gasteiger partial charge on any atom is -0.497 e. The van der Waals surface area contributed by atoms with E-state index < -0.39 is 0 Å². The molecule has 0 unspecified atom stereocenters. The van der Waals surface area contributed by atoms with Gasteiger partial charge in [-0.15, -0.1) is 0 Å². The highest BCUT2D eigenvalue weighted by atomic mass is 35.5. The van der Waals surface area contributed by atoms with Gasteiger partial charge in [-0.3, -0.25) is 9.69 Å². The van der Waals surface area contributed by atoms with Crippen LogP contribution in [0.4, 0.5) is 5.69 Å². The SMILES string of the molecule is COc1ccc(NC(=O)C2CCN(Cc3ccc(Cl)cc3Cl)CC2)cc1. The number of methoxy groups -OCH3 is 1. The van der Waals surface area contributed by atoms with Crippen LogP contribution in [0.3, 0.4) is 0 Å². The summed E-state index contributed by atoms with van der Waals surface area (Å²) in [6.45, 7) is 2.53. The number of ether oxygens (including phenoxy) is 1. The van der Waals surface area contributed by atoms with Gasteiger partial charge in [0.05, 0.1) is 7.11 Å². The summed E-state index contributed by atoms with van der Waals surface area (Å²) in [6.07, 6.45) is 1.68. The summed E-state index contributed by atoms with van der Waals surface area (Å²) in [6, 6.07) is 13.0. The molecular weight excluding hydrogens is 371 g/mol. The van der Waals surface area contributed by atoms with Gasteiger partial charge in [0.15, 0.2) is 0 Å². The summed E-state index contributed by atoms with van der Waals surface area (Å²) >= 11 is 12.2. The van der Waals surface area contributed by atoms with Crippen LogP contribution in [0.5, 0.6) is 5.75 Å². The Bertz CT molecular complexity index is 757. The predicted octanol–water partition coefficient (Wildman–Crippen LogP) is 4.85. The van der Waals surface area contributed by atoms with E-state index in [9.17, 15) is 4.79 Å². The number of nitrogens with one attached hydrogen (secondary N) is 1. The predicted molar refractivity (Wildman–Crippen MR) is 106 cm³/mol. The number of carbonyl (C=O) groups excluding carboxylic acids is 1. The van der Waals surface area contributed by atoms with E-state index in [1.54, 1.807) is 13.2 Å². The van der Waals surface area contributed by atoms with Crippen molar-refractivity contribution in [1.82, 2.24) is 4.90 Å². The van der Waals surface area contributed by atoms with E-state index in [2.05, 4.69) is 10.2 Å². The number of halogens is 2. The molecule has 1 amide bonds. The van der Waals surface area contributed by atoms with Gasteiger partial charge in [-0.25, -0.2) is 0 Å². The number of amides is 1. The van der Waals surface area contributed by atoms with Crippen LogP contribution in [0.15, 0.2) is 42.5 Å². The summed E-state index contributed by atoms with van der Waals surface area (Å²) < 4.78 is 5.13. The van der Waals surface area contributed by atoms with Crippen LogP contribution in [0.2, 0.25) is 10.0 Å². The molecule has 0 saturated carbocycles. The first-order valence-electron chi connectivity index (χ1n) is 8.66. The number of benzene rings is 2. The van der Waals surface area contributed by atoms with Crippen molar-refractivity contribution in [1.29, 1.82) is 0 Å². The van der Waals surface area contributed by atoms with E-state index in [1.807, 2.05) is 36.4 Å². The second-order valence-corrected chi connectivity index (χ2v) is 7.35. The minimum absolute atomic E-state index is 0.0361. The zero-order valence-corrected chi connectivity index (χ0v) is 16.2. The standard InChI is InChI=1S/C20H22Cl2N2O2/c1-26-18-6-4-17(5-7-18)23-20(25)14-8-10-24(11-9-14)13-15-2-3-16(21)12-19(15)22/h2-7,12,14H,8-11,13H2,1H3,(H,23,25). The average Bonchev–Trinajstić information content (AvgIpc) is 2.65. The summed E-state index contributed by atoms with van der Waals surface area (Å²) in [7, 11) is 1.62. The van der Waals surface area contributed by atoms with Crippen LogP contribution < -0.4 is 10.1 Å². The molecule has 0 bridgehead atoms. The number of piperidine rings is 1. The molecule has 3 rings (SSSR count). The van der Waals surface area contributed by atoms with Crippen molar-refractivity contribution in [2.24, 2.45) is 5.92 Å². The topological polar surface area (TPSA) is 41.6 Å². The molecule has 1 fully saturated rings. The first kappa shape index (κ1) is 19.0. The van der Waals surface area contributed by atoms with Crippen molar-refractivity contribution in [3.8, 4) is 5.75 Å². The number of likely N-dealkylation sites (tertiary alicyclic amines) is 1. The second kappa shape index (κ2) is 8.76. The van der Waals surface area contributed by atoms with Crippen molar-refractivity contribution in [2.75, 3.05) is 25.5 Å². The molecule has 2 aromatic rings. The molecule has 26 heavy (non-hydrogen) atoms. The fourth-order valence-corrected chi connectivity index (χ4v) is 3.63.